The number of aryl methyl sites for hydroxylation is 1. The van der Waals surface area contributed by atoms with Crippen molar-refractivity contribution in [2.75, 3.05) is 46.3 Å². The van der Waals surface area contributed by atoms with Gasteiger partial charge in [-0.15, -0.1) is 11.8 Å². The Morgan fingerprint density at radius 2 is 1.59 bits per heavy atom. The second kappa shape index (κ2) is 11.7. The van der Waals surface area contributed by atoms with Crippen LogP contribution in [0.1, 0.15) is 26.7 Å². The van der Waals surface area contributed by atoms with Gasteiger partial charge in [-0.05, 0) is 63.0 Å². The number of rotatable bonds is 8. The van der Waals surface area contributed by atoms with Crippen LogP contribution in [0.2, 0.25) is 0 Å². The van der Waals surface area contributed by atoms with Gasteiger partial charge in [0.2, 0.25) is 0 Å². The lowest BCUT2D eigenvalue weighted by atomic mass is 10.0. The van der Waals surface area contributed by atoms with Gasteiger partial charge in [-0.1, -0.05) is 29.8 Å². The second-order valence-electron chi connectivity index (χ2n) is 9.13. The number of hydrogen-bond donors (Lipinski definition) is 0. The molecule has 2 atom stereocenters. The molecule has 194 valence electrons. The SMILES string of the molecule is COc1ccc([C@H]2Sc3ccc(OC)cc3N(CCN(C)C)C(=O)[C@H]2OC(=O)c2ccc(C)cc2)cc1. The fraction of sp³-hybridized carbons (Fsp3) is 0.310. The predicted molar refractivity (Wildman–Crippen MR) is 146 cm³/mol. The van der Waals surface area contributed by atoms with Crippen molar-refractivity contribution in [3.05, 3.63) is 83.4 Å². The van der Waals surface area contributed by atoms with E-state index in [9.17, 15) is 9.59 Å². The Labute approximate surface area is 222 Å². The Morgan fingerprint density at radius 1 is 0.946 bits per heavy atom. The maximum atomic E-state index is 14.2. The zero-order valence-electron chi connectivity index (χ0n) is 21.8. The summed E-state index contributed by atoms with van der Waals surface area (Å²) in [6.07, 6.45) is -1.05. The van der Waals surface area contributed by atoms with Gasteiger partial charge in [-0.25, -0.2) is 4.79 Å². The largest absolute Gasteiger partial charge is 0.497 e. The zero-order valence-corrected chi connectivity index (χ0v) is 22.6. The number of likely N-dealkylation sites (N-methyl/N-ethyl adjacent to an activating group) is 1. The topological polar surface area (TPSA) is 68.3 Å². The number of anilines is 1. The van der Waals surface area contributed by atoms with Gasteiger partial charge in [0.05, 0.1) is 30.7 Å². The van der Waals surface area contributed by atoms with Crippen LogP contribution in [0.25, 0.3) is 0 Å². The monoisotopic (exact) mass is 520 g/mol. The van der Waals surface area contributed by atoms with Crippen molar-refractivity contribution in [1.82, 2.24) is 4.90 Å². The normalized spacial score (nSPS) is 17.2. The van der Waals surface area contributed by atoms with Crippen LogP contribution in [0.15, 0.2) is 71.6 Å². The molecule has 1 heterocycles. The Morgan fingerprint density at radius 3 is 2.22 bits per heavy atom. The minimum absolute atomic E-state index is 0.275. The molecular formula is C29H32N2O5S. The maximum absolute atomic E-state index is 14.2. The van der Waals surface area contributed by atoms with Crippen molar-refractivity contribution < 1.29 is 23.8 Å². The average molecular weight is 521 g/mol. The summed E-state index contributed by atoms with van der Waals surface area (Å²) in [5.74, 6) is 0.550. The number of ether oxygens (including phenoxy) is 3. The molecule has 0 aromatic heterocycles. The molecule has 1 aliphatic heterocycles. The molecule has 0 aliphatic carbocycles. The third-order valence-corrected chi connectivity index (χ3v) is 7.60. The van der Waals surface area contributed by atoms with Crippen LogP contribution in [0.5, 0.6) is 11.5 Å². The summed E-state index contributed by atoms with van der Waals surface area (Å²) in [5, 5.41) is -0.468. The number of nitrogens with zero attached hydrogens (tertiary/aromatic N) is 2. The van der Waals surface area contributed by atoms with Crippen molar-refractivity contribution in [3.8, 4) is 11.5 Å². The molecule has 0 radical (unpaired) electrons. The van der Waals surface area contributed by atoms with Crippen LogP contribution in [0.4, 0.5) is 5.69 Å². The molecule has 0 spiro atoms. The highest BCUT2D eigenvalue weighted by molar-refractivity contribution is 7.99. The van der Waals surface area contributed by atoms with E-state index in [1.165, 1.54) is 11.8 Å². The first kappa shape index (κ1) is 26.6. The van der Waals surface area contributed by atoms with Gasteiger partial charge in [0.1, 0.15) is 11.5 Å². The third kappa shape index (κ3) is 6.09. The molecule has 7 nitrogen and oxygen atoms in total. The molecule has 4 rings (SSSR count). The Balaban J connectivity index is 1.79. The summed E-state index contributed by atoms with van der Waals surface area (Å²) < 4.78 is 16.8. The van der Waals surface area contributed by atoms with Crippen molar-refractivity contribution in [3.63, 3.8) is 0 Å². The minimum Gasteiger partial charge on any atom is -0.497 e. The summed E-state index contributed by atoms with van der Waals surface area (Å²) in [6.45, 7) is 3.02. The van der Waals surface area contributed by atoms with E-state index in [2.05, 4.69) is 0 Å². The van der Waals surface area contributed by atoms with Gasteiger partial charge in [0.15, 0.2) is 6.10 Å². The highest BCUT2D eigenvalue weighted by Crippen LogP contribution is 2.48. The fourth-order valence-corrected chi connectivity index (χ4v) is 5.39. The van der Waals surface area contributed by atoms with E-state index in [1.54, 1.807) is 31.3 Å². The lowest BCUT2D eigenvalue weighted by Gasteiger charge is -2.29. The first-order valence-corrected chi connectivity index (χ1v) is 12.9. The summed E-state index contributed by atoms with van der Waals surface area (Å²) in [6, 6.07) is 20.4. The standard InChI is InChI=1S/C29H32N2O5S/c1-19-6-8-21(9-7-19)29(33)36-26-27(20-10-12-22(34-4)13-11-20)37-25-15-14-23(35-5)18-24(25)31(28(26)32)17-16-30(2)3/h6-15,18,26-27H,16-17H2,1-5H3/t26-,27+/m0/s1. The number of carbonyl (C=O) groups excluding carboxylic acids is 2. The Bertz CT molecular complexity index is 1240. The quantitative estimate of drug-likeness (QED) is 0.388. The van der Waals surface area contributed by atoms with E-state index < -0.39 is 17.3 Å². The molecule has 0 fully saturated rings. The number of fused-ring (bicyclic) bond motifs is 1. The van der Waals surface area contributed by atoms with Crippen LogP contribution in [-0.4, -0.2) is 64.3 Å². The van der Waals surface area contributed by atoms with Crippen LogP contribution < -0.4 is 14.4 Å². The van der Waals surface area contributed by atoms with E-state index in [4.69, 9.17) is 14.2 Å². The van der Waals surface area contributed by atoms with E-state index in [0.717, 1.165) is 21.7 Å². The molecular weight excluding hydrogens is 488 g/mol. The van der Waals surface area contributed by atoms with Gasteiger partial charge in [-0.2, -0.15) is 0 Å². The molecule has 1 amide bonds. The molecule has 1 aliphatic rings. The first-order valence-electron chi connectivity index (χ1n) is 12.0. The molecule has 0 unspecified atom stereocenters. The Hall–Kier alpha value is -3.49. The van der Waals surface area contributed by atoms with Crippen LogP contribution >= 0.6 is 11.8 Å². The predicted octanol–water partition coefficient (Wildman–Crippen LogP) is 4.98. The number of thioether (sulfide) groups is 1. The number of amides is 1. The van der Waals surface area contributed by atoms with Crippen LogP contribution in [0, 0.1) is 6.92 Å². The summed E-state index contributed by atoms with van der Waals surface area (Å²) >= 11 is 1.50. The van der Waals surface area contributed by atoms with Gasteiger partial charge in [-0.3, -0.25) is 4.79 Å². The van der Waals surface area contributed by atoms with Crippen molar-refractivity contribution >= 4 is 29.3 Å². The molecule has 0 saturated carbocycles. The molecule has 0 saturated heterocycles. The third-order valence-electron chi connectivity index (χ3n) is 6.23. The van der Waals surface area contributed by atoms with Crippen LogP contribution in [0.3, 0.4) is 0 Å². The van der Waals surface area contributed by atoms with Crippen LogP contribution in [-0.2, 0) is 9.53 Å². The lowest BCUT2D eigenvalue weighted by molar-refractivity contribution is -0.127. The van der Waals surface area contributed by atoms with Gasteiger partial charge in [0, 0.05) is 24.1 Å². The van der Waals surface area contributed by atoms with E-state index in [0.29, 0.717) is 30.2 Å². The van der Waals surface area contributed by atoms with Crippen molar-refractivity contribution in [2.45, 2.75) is 23.2 Å². The molecule has 37 heavy (non-hydrogen) atoms. The van der Waals surface area contributed by atoms with Crippen molar-refractivity contribution in [1.29, 1.82) is 0 Å². The second-order valence-corrected chi connectivity index (χ2v) is 10.3. The Kier molecular flexibility index (Phi) is 8.41. The lowest BCUT2D eigenvalue weighted by Crippen LogP contribution is -2.45. The number of carbonyl (C=O) groups is 2. The summed E-state index contributed by atoms with van der Waals surface area (Å²) in [5.41, 5.74) is 3.04. The number of esters is 1. The average Bonchev–Trinajstić information content (AvgIpc) is 3.01. The molecule has 3 aromatic rings. The number of benzene rings is 3. The van der Waals surface area contributed by atoms with E-state index >= 15 is 0 Å². The van der Waals surface area contributed by atoms with E-state index in [-0.39, 0.29) is 5.91 Å². The minimum atomic E-state index is -1.05. The number of methoxy groups -OCH3 is 2. The maximum Gasteiger partial charge on any atom is 0.338 e. The molecule has 8 heteroatoms. The summed E-state index contributed by atoms with van der Waals surface area (Å²) in [7, 11) is 7.12. The highest BCUT2D eigenvalue weighted by atomic mass is 32.2. The van der Waals surface area contributed by atoms with Gasteiger partial charge < -0.3 is 24.0 Å². The molecule has 0 N–H and O–H groups in total. The fourth-order valence-electron chi connectivity index (χ4n) is 4.09. The van der Waals surface area contributed by atoms with E-state index in [1.807, 2.05) is 80.5 Å². The van der Waals surface area contributed by atoms with Crippen molar-refractivity contribution in [2.24, 2.45) is 0 Å². The number of hydrogen-bond acceptors (Lipinski definition) is 7. The van der Waals surface area contributed by atoms with Gasteiger partial charge >= 0.3 is 5.97 Å². The smallest absolute Gasteiger partial charge is 0.338 e. The zero-order chi connectivity index (χ0) is 26.5. The first-order chi connectivity index (χ1) is 17.8. The highest BCUT2D eigenvalue weighted by Gasteiger charge is 2.41. The molecule has 0 bridgehead atoms. The summed E-state index contributed by atoms with van der Waals surface area (Å²) in [4.78, 5) is 32.1. The molecule has 3 aromatic carbocycles. The van der Waals surface area contributed by atoms with Gasteiger partial charge in [0.25, 0.3) is 5.91 Å².